The van der Waals surface area contributed by atoms with Gasteiger partial charge < -0.3 is 14.4 Å². The Bertz CT molecular complexity index is 1190. The third-order valence-corrected chi connectivity index (χ3v) is 6.35. The minimum absolute atomic E-state index is 0.104. The average molecular weight is 455 g/mol. The lowest BCUT2D eigenvalue weighted by Gasteiger charge is -2.18. The summed E-state index contributed by atoms with van der Waals surface area (Å²) in [6.45, 7) is 3.56. The van der Waals surface area contributed by atoms with Gasteiger partial charge in [0, 0.05) is 12.7 Å². The summed E-state index contributed by atoms with van der Waals surface area (Å²) in [4.78, 5) is 14.0. The van der Waals surface area contributed by atoms with E-state index in [0.717, 1.165) is 11.1 Å². The van der Waals surface area contributed by atoms with Crippen molar-refractivity contribution in [3.8, 4) is 11.5 Å². The smallest absolute Gasteiger partial charge is 0.264 e. The van der Waals surface area contributed by atoms with Crippen LogP contribution < -0.4 is 19.1 Å². The molecule has 8 heteroatoms. The van der Waals surface area contributed by atoms with Gasteiger partial charge in [-0.2, -0.15) is 0 Å². The van der Waals surface area contributed by atoms with Crippen LogP contribution in [0, 0.1) is 13.8 Å². The van der Waals surface area contributed by atoms with E-state index in [0.29, 0.717) is 22.9 Å². The van der Waals surface area contributed by atoms with E-state index in [1.807, 2.05) is 26.0 Å². The number of sulfonamides is 1. The molecule has 3 rings (SSSR count). The van der Waals surface area contributed by atoms with Crippen molar-refractivity contribution in [2.24, 2.45) is 0 Å². The molecule has 0 aromatic heterocycles. The number of nitrogens with zero attached hydrogens (tertiary/aromatic N) is 1. The molecule has 0 fully saturated rings. The van der Waals surface area contributed by atoms with E-state index < -0.39 is 10.0 Å². The second kappa shape index (κ2) is 9.74. The minimum Gasteiger partial charge on any atom is -0.497 e. The fourth-order valence-corrected chi connectivity index (χ4v) is 4.08. The zero-order chi connectivity index (χ0) is 23.3. The van der Waals surface area contributed by atoms with Crippen LogP contribution >= 0.6 is 0 Å². The van der Waals surface area contributed by atoms with Gasteiger partial charge in [-0.05, 0) is 79.6 Å². The number of amides is 1. The predicted octanol–water partition coefficient (Wildman–Crippen LogP) is 4.15. The fraction of sp³-hybridized carbons (Fsp3) is 0.208. The van der Waals surface area contributed by atoms with Gasteiger partial charge in [-0.3, -0.25) is 9.52 Å². The summed E-state index contributed by atoms with van der Waals surface area (Å²) in [6, 6.07) is 18.6. The SMILES string of the molecule is COc1ccc(N(C)C(=O)COc2ccc(S(=O)(=O)Nc3cc(C)ccc3C)cc2)cc1. The number of rotatable bonds is 8. The number of methoxy groups -OCH3 is 1. The summed E-state index contributed by atoms with van der Waals surface area (Å²) in [6.07, 6.45) is 0. The second-order valence-electron chi connectivity index (χ2n) is 7.33. The van der Waals surface area contributed by atoms with Crippen LogP contribution in [-0.2, 0) is 14.8 Å². The summed E-state index contributed by atoms with van der Waals surface area (Å²) in [5, 5.41) is 0. The van der Waals surface area contributed by atoms with E-state index >= 15 is 0 Å². The van der Waals surface area contributed by atoms with Gasteiger partial charge >= 0.3 is 0 Å². The standard InChI is InChI=1S/C24H26N2O5S/c1-17-5-6-18(2)23(15-17)25-32(28,29)22-13-11-21(12-14-22)31-16-24(27)26(3)19-7-9-20(30-4)10-8-19/h5-15,25H,16H2,1-4H3. The van der Waals surface area contributed by atoms with Crippen molar-refractivity contribution >= 4 is 27.3 Å². The monoisotopic (exact) mass is 454 g/mol. The normalized spacial score (nSPS) is 11.0. The highest BCUT2D eigenvalue weighted by molar-refractivity contribution is 7.92. The Balaban J connectivity index is 1.62. The molecule has 0 radical (unpaired) electrons. The van der Waals surface area contributed by atoms with Gasteiger partial charge in [0.25, 0.3) is 15.9 Å². The quantitative estimate of drug-likeness (QED) is 0.553. The van der Waals surface area contributed by atoms with Crippen molar-refractivity contribution in [2.75, 3.05) is 30.4 Å². The number of benzene rings is 3. The minimum atomic E-state index is -3.75. The highest BCUT2D eigenvalue weighted by Crippen LogP contribution is 2.23. The van der Waals surface area contributed by atoms with Crippen LogP contribution in [0.5, 0.6) is 11.5 Å². The van der Waals surface area contributed by atoms with Crippen LogP contribution in [0.15, 0.2) is 71.6 Å². The van der Waals surface area contributed by atoms with Gasteiger partial charge in [-0.15, -0.1) is 0 Å². The summed E-state index contributed by atoms with van der Waals surface area (Å²) >= 11 is 0. The van der Waals surface area contributed by atoms with Crippen LogP contribution in [-0.4, -0.2) is 35.1 Å². The maximum Gasteiger partial charge on any atom is 0.264 e. The van der Waals surface area contributed by atoms with Crippen molar-refractivity contribution < 1.29 is 22.7 Å². The molecular formula is C24H26N2O5S. The molecule has 3 aromatic rings. The van der Waals surface area contributed by atoms with Crippen molar-refractivity contribution in [1.82, 2.24) is 0 Å². The average Bonchev–Trinajstić information content (AvgIpc) is 2.79. The van der Waals surface area contributed by atoms with Crippen molar-refractivity contribution in [3.63, 3.8) is 0 Å². The molecule has 0 unspecified atom stereocenters. The maximum atomic E-state index is 12.7. The van der Waals surface area contributed by atoms with Gasteiger partial charge in [0.2, 0.25) is 0 Å². The Kier molecular flexibility index (Phi) is 7.05. The zero-order valence-corrected chi connectivity index (χ0v) is 19.3. The third-order valence-electron chi connectivity index (χ3n) is 4.97. The highest BCUT2D eigenvalue weighted by Gasteiger charge is 2.16. The number of nitrogens with one attached hydrogen (secondary N) is 1. The Morgan fingerprint density at radius 2 is 1.56 bits per heavy atom. The third kappa shape index (κ3) is 5.59. The molecule has 0 bridgehead atoms. The van der Waals surface area contributed by atoms with Crippen LogP contribution in [0.2, 0.25) is 0 Å². The number of hydrogen-bond acceptors (Lipinski definition) is 5. The Morgan fingerprint density at radius 3 is 2.19 bits per heavy atom. The maximum absolute atomic E-state index is 12.7. The number of ether oxygens (including phenoxy) is 2. The van der Waals surface area contributed by atoms with Crippen LogP contribution in [0.1, 0.15) is 11.1 Å². The van der Waals surface area contributed by atoms with Gasteiger partial charge in [0.15, 0.2) is 6.61 Å². The van der Waals surface area contributed by atoms with Crippen molar-refractivity contribution in [1.29, 1.82) is 0 Å². The fourth-order valence-electron chi connectivity index (χ4n) is 2.96. The number of carbonyl (C=O) groups is 1. The first-order valence-electron chi connectivity index (χ1n) is 9.93. The topological polar surface area (TPSA) is 84.9 Å². The molecule has 7 nitrogen and oxygen atoms in total. The summed E-state index contributed by atoms with van der Waals surface area (Å²) in [5.41, 5.74) is 3.04. The van der Waals surface area contributed by atoms with E-state index in [4.69, 9.17) is 9.47 Å². The Labute approximate surface area is 188 Å². The Hall–Kier alpha value is -3.52. The molecule has 1 amide bonds. The predicted molar refractivity (Wildman–Crippen MR) is 125 cm³/mol. The molecule has 0 aliphatic heterocycles. The van der Waals surface area contributed by atoms with Crippen LogP contribution in [0.25, 0.3) is 0 Å². The first-order valence-corrected chi connectivity index (χ1v) is 11.4. The van der Waals surface area contributed by atoms with E-state index in [9.17, 15) is 13.2 Å². The molecule has 0 saturated heterocycles. The molecule has 1 N–H and O–H groups in total. The lowest BCUT2D eigenvalue weighted by Crippen LogP contribution is -2.31. The molecule has 0 aliphatic carbocycles. The van der Waals surface area contributed by atoms with Crippen molar-refractivity contribution in [3.05, 3.63) is 77.9 Å². The molecule has 0 heterocycles. The molecule has 32 heavy (non-hydrogen) atoms. The first kappa shape index (κ1) is 23.1. The highest BCUT2D eigenvalue weighted by atomic mass is 32.2. The summed E-state index contributed by atoms with van der Waals surface area (Å²) in [7, 11) is -0.515. The zero-order valence-electron chi connectivity index (χ0n) is 18.5. The number of hydrogen-bond donors (Lipinski definition) is 1. The van der Waals surface area contributed by atoms with Gasteiger partial charge in [0.1, 0.15) is 11.5 Å². The molecular weight excluding hydrogens is 428 g/mol. The number of anilines is 2. The van der Waals surface area contributed by atoms with Gasteiger partial charge in [-0.25, -0.2) is 8.42 Å². The summed E-state index contributed by atoms with van der Waals surface area (Å²) < 4.78 is 38.7. The number of likely N-dealkylation sites (N-methyl/N-ethyl adjacent to an activating group) is 1. The van der Waals surface area contributed by atoms with Crippen LogP contribution in [0.3, 0.4) is 0 Å². The molecule has 0 atom stereocenters. The number of carbonyl (C=O) groups excluding carboxylic acids is 1. The lowest BCUT2D eigenvalue weighted by molar-refractivity contribution is -0.120. The number of aryl methyl sites for hydroxylation is 2. The molecule has 168 valence electrons. The van der Waals surface area contributed by atoms with E-state index in [-0.39, 0.29) is 17.4 Å². The van der Waals surface area contributed by atoms with Crippen molar-refractivity contribution in [2.45, 2.75) is 18.7 Å². The van der Waals surface area contributed by atoms with Gasteiger partial charge in [-0.1, -0.05) is 12.1 Å². The molecule has 0 aliphatic rings. The lowest BCUT2D eigenvalue weighted by atomic mass is 10.1. The first-order chi connectivity index (χ1) is 15.2. The van der Waals surface area contributed by atoms with E-state index in [1.54, 1.807) is 44.5 Å². The van der Waals surface area contributed by atoms with Crippen LogP contribution in [0.4, 0.5) is 11.4 Å². The largest absolute Gasteiger partial charge is 0.497 e. The summed E-state index contributed by atoms with van der Waals surface area (Å²) in [5.74, 6) is 0.851. The second-order valence-corrected chi connectivity index (χ2v) is 9.02. The molecule has 0 spiro atoms. The van der Waals surface area contributed by atoms with Gasteiger partial charge in [0.05, 0.1) is 17.7 Å². The van der Waals surface area contributed by atoms with E-state index in [1.165, 1.54) is 29.2 Å². The molecule has 0 saturated carbocycles. The van der Waals surface area contributed by atoms with E-state index in [2.05, 4.69) is 4.72 Å². The molecule has 3 aromatic carbocycles. The Morgan fingerprint density at radius 1 is 0.938 bits per heavy atom.